The smallest absolute Gasteiger partial charge is 0.255 e. The number of primary amides is 1. The first kappa shape index (κ1) is 19.0. The summed E-state index contributed by atoms with van der Waals surface area (Å²) in [5, 5.41) is 15.1. The molecule has 2 amide bonds. The van der Waals surface area contributed by atoms with Crippen LogP contribution in [0.2, 0.25) is 0 Å². The summed E-state index contributed by atoms with van der Waals surface area (Å²) in [6.07, 6.45) is 2.10. The number of rotatable bonds is 7. The highest BCUT2D eigenvalue weighted by molar-refractivity contribution is 5.95. The van der Waals surface area contributed by atoms with Gasteiger partial charge in [0.05, 0.1) is 24.6 Å². The molecule has 3 aromatic rings. The molecular formula is C19H20N6O3. The maximum Gasteiger partial charge on any atom is 0.255 e. The van der Waals surface area contributed by atoms with Gasteiger partial charge < -0.3 is 15.8 Å². The molecule has 0 fully saturated rings. The van der Waals surface area contributed by atoms with E-state index in [4.69, 9.17) is 10.5 Å². The molecule has 0 aliphatic rings. The Bertz CT molecular complexity index is 980. The van der Waals surface area contributed by atoms with Crippen molar-refractivity contribution in [2.24, 2.45) is 5.73 Å². The molecule has 0 aliphatic carbocycles. The van der Waals surface area contributed by atoms with Gasteiger partial charge >= 0.3 is 0 Å². The number of nitrogens with one attached hydrogen (secondary N) is 1. The van der Waals surface area contributed by atoms with E-state index in [1.54, 1.807) is 41.1 Å². The maximum atomic E-state index is 12.6. The molecule has 9 nitrogen and oxygen atoms in total. The van der Waals surface area contributed by atoms with E-state index in [1.165, 1.54) is 13.3 Å². The fraction of sp³-hybridized carbons (Fsp3) is 0.211. The molecule has 1 aromatic carbocycles. The Morgan fingerprint density at radius 1 is 1.14 bits per heavy atom. The summed E-state index contributed by atoms with van der Waals surface area (Å²) in [5.41, 5.74) is 7.69. The molecule has 0 radical (unpaired) electrons. The van der Waals surface area contributed by atoms with E-state index in [0.29, 0.717) is 35.8 Å². The van der Waals surface area contributed by atoms with E-state index in [0.717, 1.165) is 11.3 Å². The number of amides is 2. The number of hydrogen-bond acceptors (Lipinski definition) is 6. The van der Waals surface area contributed by atoms with Crippen LogP contribution in [0.4, 0.5) is 0 Å². The fourth-order valence-corrected chi connectivity index (χ4v) is 2.70. The number of benzene rings is 1. The lowest BCUT2D eigenvalue weighted by atomic mass is 10.1. The number of nitrogens with zero attached hydrogens (tertiary/aromatic N) is 4. The van der Waals surface area contributed by atoms with E-state index < -0.39 is 5.91 Å². The first-order valence-electron chi connectivity index (χ1n) is 8.65. The van der Waals surface area contributed by atoms with Gasteiger partial charge in [-0.05, 0) is 30.2 Å². The summed E-state index contributed by atoms with van der Waals surface area (Å²) in [6, 6.07) is 10.2. The zero-order chi connectivity index (χ0) is 20.1. The average Bonchev–Trinajstić information content (AvgIpc) is 3.16. The zero-order valence-corrected chi connectivity index (χ0v) is 15.5. The van der Waals surface area contributed by atoms with Crippen molar-refractivity contribution >= 4 is 11.8 Å². The van der Waals surface area contributed by atoms with Crippen molar-refractivity contribution in [2.75, 3.05) is 7.11 Å². The van der Waals surface area contributed by atoms with E-state index in [1.807, 2.05) is 6.92 Å². The average molecular weight is 380 g/mol. The predicted molar refractivity (Wildman–Crippen MR) is 101 cm³/mol. The molecule has 0 spiro atoms. The minimum Gasteiger partial charge on any atom is -0.480 e. The third-order valence-corrected chi connectivity index (χ3v) is 4.19. The highest BCUT2D eigenvalue weighted by Crippen LogP contribution is 2.15. The summed E-state index contributed by atoms with van der Waals surface area (Å²) in [6.45, 7) is 2.25. The van der Waals surface area contributed by atoms with Gasteiger partial charge in [0.2, 0.25) is 11.8 Å². The molecule has 0 unspecified atom stereocenters. The molecule has 0 aliphatic heterocycles. The molecule has 3 N–H and O–H groups in total. The zero-order valence-electron chi connectivity index (χ0n) is 15.5. The number of ether oxygens (including phenoxy) is 1. The molecule has 0 atom stereocenters. The number of carbonyl (C=O) groups excluding carboxylic acids is 2. The minimum atomic E-state index is -0.489. The van der Waals surface area contributed by atoms with Crippen molar-refractivity contribution in [3.8, 4) is 11.7 Å². The molecule has 2 heterocycles. The number of carbonyl (C=O) groups is 2. The molecule has 0 saturated carbocycles. The summed E-state index contributed by atoms with van der Waals surface area (Å²) in [5.74, 6) is 0.161. The quantitative estimate of drug-likeness (QED) is 0.636. The number of hydrogen-bond donors (Lipinski definition) is 2. The Morgan fingerprint density at radius 2 is 1.89 bits per heavy atom. The monoisotopic (exact) mass is 380 g/mol. The Hall–Kier alpha value is -3.75. The lowest BCUT2D eigenvalue weighted by molar-refractivity contribution is 0.0948. The van der Waals surface area contributed by atoms with Gasteiger partial charge in [0, 0.05) is 18.2 Å². The van der Waals surface area contributed by atoms with Crippen LogP contribution in [0.25, 0.3) is 5.82 Å². The van der Waals surface area contributed by atoms with Gasteiger partial charge in [0.1, 0.15) is 0 Å². The predicted octanol–water partition coefficient (Wildman–Crippen LogP) is 1.26. The summed E-state index contributed by atoms with van der Waals surface area (Å²) < 4.78 is 6.59. The first-order chi connectivity index (χ1) is 13.5. The van der Waals surface area contributed by atoms with E-state index >= 15 is 0 Å². The minimum absolute atomic E-state index is 0.247. The molecule has 0 bridgehead atoms. The number of methoxy groups -OCH3 is 1. The standard InChI is InChI=1S/C19H20N6O3/c1-3-15-14(11-22-25(15)16-8-9-17(28-2)24-23-16)19(27)21-10-12-4-6-13(7-5-12)18(20)26/h4-9,11H,3,10H2,1-2H3,(H2,20,26)(H,21,27). The van der Waals surface area contributed by atoms with Crippen LogP contribution in [0.15, 0.2) is 42.6 Å². The van der Waals surface area contributed by atoms with Gasteiger partial charge in [-0.2, -0.15) is 5.10 Å². The Morgan fingerprint density at radius 3 is 2.46 bits per heavy atom. The Kier molecular flexibility index (Phi) is 5.64. The van der Waals surface area contributed by atoms with Crippen LogP contribution >= 0.6 is 0 Å². The number of nitrogens with two attached hydrogens (primary N) is 1. The normalized spacial score (nSPS) is 10.5. The largest absolute Gasteiger partial charge is 0.480 e. The second-order valence-corrected chi connectivity index (χ2v) is 5.95. The summed E-state index contributed by atoms with van der Waals surface area (Å²) in [4.78, 5) is 23.7. The van der Waals surface area contributed by atoms with Gasteiger partial charge in [-0.1, -0.05) is 19.1 Å². The van der Waals surface area contributed by atoms with E-state index in [2.05, 4.69) is 20.6 Å². The highest BCUT2D eigenvalue weighted by Gasteiger charge is 2.18. The van der Waals surface area contributed by atoms with Gasteiger partial charge in [-0.3, -0.25) is 9.59 Å². The summed E-state index contributed by atoms with van der Waals surface area (Å²) in [7, 11) is 1.51. The second kappa shape index (κ2) is 8.30. The lowest BCUT2D eigenvalue weighted by Crippen LogP contribution is -2.24. The highest BCUT2D eigenvalue weighted by atomic mass is 16.5. The van der Waals surface area contributed by atoms with Crippen molar-refractivity contribution < 1.29 is 14.3 Å². The lowest BCUT2D eigenvalue weighted by Gasteiger charge is -2.08. The van der Waals surface area contributed by atoms with Crippen molar-refractivity contribution in [1.82, 2.24) is 25.3 Å². The van der Waals surface area contributed by atoms with Crippen molar-refractivity contribution in [3.05, 3.63) is 65.0 Å². The van der Waals surface area contributed by atoms with Crippen molar-refractivity contribution in [1.29, 1.82) is 0 Å². The SMILES string of the molecule is CCc1c(C(=O)NCc2ccc(C(N)=O)cc2)cnn1-c1ccc(OC)nn1. The first-order valence-corrected chi connectivity index (χ1v) is 8.65. The van der Waals surface area contributed by atoms with Crippen LogP contribution in [0, 0.1) is 0 Å². The Balaban J connectivity index is 1.74. The van der Waals surface area contributed by atoms with Crippen LogP contribution in [-0.4, -0.2) is 38.9 Å². The van der Waals surface area contributed by atoms with Crippen LogP contribution in [0.5, 0.6) is 5.88 Å². The third-order valence-electron chi connectivity index (χ3n) is 4.19. The van der Waals surface area contributed by atoms with Crippen LogP contribution in [0.3, 0.4) is 0 Å². The molecule has 28 heavy (non-hydrogen) atoms. The molecule has 3 rings (SSSR count). The molecule has 2 aromatic heterocycles. The molecule has 0 saturated heterocycles. The third kappa shape index (κ3) is 3.98. The summed E-state index contributed by atoms with van der Waals surface area (Å²) >= 11 is 0. The van der Waals surface area contributed by atoms with Crippen molar-refractivity contribution in [3.63, 3.8) is 0 Å². The molecule has 9 heteroatoms. The number of aromatic nitrogens is 4. The second-order valence-electron chi connectivity index (χ2n) is 5.95. The molecular weight excluding hydrogens is 360 g/mol. The van der Waals surface area contributed by atoms with Gasteiger partial charge in [-0.15, -0.1) is 10.2 Å². The van der Waals surface area contributed by atoms with Crippen LogP contribution in [-0.2, 0) is 13.0 Å². The Labute approximate surface area is 161 Å². The fourth-order valence-electron chi connectivity index (χ4n) is 2.70. The maximum absolute atomic E-state index is 12.6. The van der Waals surface area contributed by atoms with Crippen LogP contribution in [0.1, 0.15) is 38.9 Å². The van der Waals surface area contributed by atoms with Crippen molar-refractivity contribution in [2.45, 2.75) is 19.9 Å². The van der Waals surface area contributed by atoms with Crippen LogP contribution < -0.4 is 15.8 Å². The molecule has 144 valence electrons. The van der Waals surface area contributed by atoms with Gasteiger partial charge in [-0.25, -0.2) is 4.68 Å². The van der Waals surface area contributed by atoms with Gasteiger partial charge in [0.25, 0.3) is 5.91 Å². The van der Waals surface area contributed by atoms with E-state index in [-0.39, 0.29) is 5.91 Å². The van der Waals surface area contributed by atoms with Gasteiger partial charge in [0.15, 0.2) is 5.82 Å². The van der Waals surface area contributed by atoms with E-state index in [9.17, 15) is 9.59 Å². The topological polar surface area (TPSA) is 125 Å².